The van der Waals surface area contributed by atoms with Crippen LogP contribution in [0.4, 0.5) is 5.13 Å². The zero-order chi connectivity index (χ0) is 28.2. The number of hydrogen-bond donors (Lipinski definition) is 0. The van der Waals surface area contributed by atoms with Crippen molar-refractivity contribution in [2.75, 3.05) is 46.2 Å². The fraction of sp³-hybridized carbons (Fsp3) is 0.310. The summed E-state index contributed by atoms with van der Waals surface area (Å²) in [5.74, 6) is 0.430. The lowest BCUT2D eigenvalue weighted by Crippen LogP contribution is -2.33. The monoisotopic (exact) mass is 566 g/mol. The van der Waals surface area contributed by atoms with Crippen LogP contribution in [0.1, 0.15) is 27.9 Å². The van der Waals surface area contributed by atoms with Gasteiger partial charge in [-0.3, -0.25) is 9.69 Å². The molecule has 0 fully saturated rings. The molecular weight excluding hydrogens is 532 g/mol. The molecule has 8 nitrogen and oxygen atoms in total. The number of anilines is 1. The summed E-state index contributed by atoms with van der Waals surface area (Å²) in [6.45, 7) is 3.54. The minimum Gasteiger partial charge on any atom is -0.494 e. The van der Waals surface area contributed by atoms with E-state index >= 15 is 0 Å². The van der Waals surface area contributed by atoms with Gasteiger partial charge < -0.3 is 9.64 Å². The molecule has 10 heteroatoms. The van der Waals surface area contributed by atoms with E-state index in [1.165, 1.54) is 27.8 Å². The fourth-order valence-corrected chi connectivity index (χ4v) is 6.47. The van der Waals surface area contributed by atoms with Crippen molar-refractivity contribution in [2.24, 2.45) is 0 Å². The smallest absolute Gasteiger partial charge is 0.260 e. The molecule has 0 aliphatic carbocycles. The number of hydrogen-bond acceptors (Lipinski definition) is 7. The van der Waals surface area contributed by atoms with Crippen LogP contribution in [-0.2, 0) is 16.6 Å². The molecule has 0 aliphatic heterocycles. The topological polar surface area (TPSA) is 83.0 Å². The first-order valence-corrected chi connectivity index (χ1v) is 14.9. The highest BCUT2D eigenvalue weighted by Crippen LogP contribution is 2.37. The molecule has 0 spiro atoms. The number of thiazole rings is 1. The number of nitrogens with zero attached hydrogens (tertiary/aromatic N) is 4. The maximum atomic E-state index is 13.8. The Labute approximate surface area is 234 Å². The van der Waals surface area contributed by atoms with Gasteiger partial charge in [-0.05, 0) is 75.4 Å². The van der Waals surface area contributed by atoms with E-state index in [-0.39, 0.29) is 17.3 Å². The summed E-state index contributed by atoms with van der Waals surface area (Å²) in [6, 6.07) is 19.4. The molecule has 1 amide bonds. The number of aromatic nitrogens is 1. The first-order chi connectivity index (χ1) is 18.6. The number of carbonyl (C=O) groups excluding carboxylic acids is 1. The predicted molar refractivity (Wildman–Crippen MR) is 157 cm³/mol. The van der Waals surface area contributed by atoms with Crippen molar-refractivity contribution in [3.05, 3.63) is 83.4 Å². The van der Waals surface area contributed by atoms with E-state index in [1.807, 2.05) is 63.5 Å². The second-order valence-electron chi connectivity index (χ2n) is 9.64. The second-order valence-corrected chi connectivity index (χ2v) is 12.7. The molecule has 1 heterocycles. The first kappa shape index (κ1) is 28.7. The largest absolute Gasteiger partial charge is 0.494 e. The van der Waals surface area contributed by atoms with Crippen molar-refractivity contribution in [2.45, 2.75) is 24.8 Å². The lowest BCUT2D eigenvalue weighted by atomic mass is 10.2. The molecule has 1 aromatic heterocycles. The molecular formula is C29H34N4O4S2. The van der Waals surface area contributed by atoms with E-state index in [1.54, 1.807) is 31.2 Å². The lowest BCUT2D eigenvalue weighted by molar-refractivity contribution is 0.0986. The molecule has 4 rings (SSSR count). The molecule has 0 N–H and O–H groups in total. The Bertz CT molecular complexity index is 1540. The van der Waals surface area contributed by atoms with E-state index in [2.05, 4.69) is 4.90 Å². The number of aryl methyl sites for hydroxylation is 1. The van der Waals surface area contributed by atoms with Crippen LogP contribution in [0.2, 0.25) is 0 Å². The normalized spacial score (nSPS) is 11.9. The Morgan fingerprint density at radius 3 is 2.28 bits per heavy atom. The highest BCUT2D eigenvalue weighted by atomic mass is 32.2. The molecule has 0 saturated carbocycles. The quantitative estimate of drug-likeness (QED) is 0.253. The van der Waals surface area contributed by atoms with Crippen LogP contribution in [0.25, 0.3) is 10.2 Å². The summed E-state index contributed by atoms with van der Waals surface area (Å²) in [6.07, 6.45) is 0.752. The summed E-state index contributed by atoms with van der Waals surface area (Å²) in [5.41, 5.74) is 3.08. The Kier molecular flexibility index (Phi) is 9.01. The van der Waals surface area contributed by atoms with Crippen molar-refractivity contribution < 1.29 is 17.9 Å². The van der Waals surface area contributed by atoms with Gasteiger partial charge in [0, 0.05) is 25.7 Å². The SMILES string of the molecule is COc1ccc(C)c2sc(N(CCCN(C)C)C(=O)c3ccc(S(=O)(=O)N(C)Cc4ccccc4)cc3)nc12. The second kappa shape index (κ2) is 12.3. The van der Waals surface area contributed by atoms with E-state index in [4.69, 9.17) is 9.72 Å². The fourth-order valence-electron chi connectivity index (χ4n) is 4.24. The number of fused-ring (bicyclic) bond motifs is 1. The van der Waals surface area contributed by atoms with E-state index in [0.29, 0.717) is 23.0 Å². The predicted octanol–water partition coefficient (Wildman–Crippen LogP) is 5.03. The van der Waals surface area contributed by atoms with Gasteiger partial charge in [-0.1, -0.05) is 47.7 Å². The van der Waals surface area contributed by atoms with Gasteiger partial charge in [-0.2, -0.15) is 4.31 Å². The van der Waals surface area contributed by atoms with Crippen LogP contribution >= 0.6 is 11.3 Å². The van der Waals surface area contributed by atoms with Gasteiger partial charge >= 0.3 is 0 Å². The van der Waals surface area contributed by atoms with Crippen LogP contribution in [0, 0.1) is 6.92 Å². The molecule has 0 bridgehead atoms. The van der Waals surface area contributed by atoms with Crippen molar-refractivity contribution >= 4 is 42.6 Å². The number of methoxy groups -OCH3 is 1. The average molecular weight is 567 g/mol. The number of carbonyl (C=O) groups is 1. The Morgan fingerprint density at radius 1 is 0.949 bits per heavy atom. The summed E-state index contributed by atoms with van der Waals surface area (Å²) in [7, 11) is 3.42. The third kappa shape index (κ3) is 6.47. The molecule has 0 atom stereocenters. The van der Waals surface area contributed by atoms with Crippen molar-refractivity contribution in [3.63, 3.8) is 0 Å². The Morgan fingerprint density at radius 2 is 1.64 bits per heavy atom. The van der Waals surface area contributed by atoms with Crippen LogP contribution in [0.3, 0.4) is 0 Å². The van der Waals surface area contributed by atoms with Crippen molar-refractivity contribution in [3.8, 4) is 5.75 Å². The standard InChI is InChI=1S/C29H34N4O4S2/c1-21-12-17-25(37-5)26-27(21)38-29(30-26)33(19-9-18-31(2)3)28(34)23-13-15-24(16-14-23)39(35,36)32(4)20-22-10-7-6-8-11-22/h6-8,10-17H,9,18-20H2,1-5H3. The van der Waals surface area contributed by atoms with Gasteiger partial charge in [-0.25, -0.2) is 13.4 Å². The lowest BCUT2D eigenvalue weighted by Gasteiger charge is -2.21. The van der Waals surface area contributed by atoms with Crippen LogP contribution in [-0.4, -0.2) is 69.9 Å². The summed E-state index contributed by atoms with van der Waals surface area (Å²) in [5, 5.41) is 0.584. The minimum absolute atomic E-state index is 0.136. The zero-order valence-electron chi connectivity index (χ0n) is 22.9. The van der Waals surface area contributed by atoms with Crippen molar-refractivity contribution in [1.29, 1.82) is 0 Å². The Hall–Kier alpha value is -3.31. The summed E-state index contributed by atoms with van der Waals surface area (Å²) >= 11 is 1.45. The number of sulfonamides is 1. The van der Waals surface area contributed by atoms with Gasteiger partial charge in [0.2, 0.25) is 10.0 Å². The first-order valence-electron chi connectivity index (χ1n) is 12.6. The molecule has 0 aliphatic rings. The van der Waals surface area contributed by atoms with Crippen LogP contribution in [0.5, 0.6) is 5.75 Å². The third-order valence-corrected chi connectivity index (χ3v) is 9.46. The van der Waals surface area contributed by atoms with E-state index in [9.17, 15) is 13.2 Å². The van der Waals surface area contributed by atoms with Crippen LogP contribution < -0.4 is 9.64 Å². The Balaban J connectivity index is 1.61. The molecule has 0 radical (unpaired) electrons. The molecule has 4 aromatic rings. The molecule has 0 saturated heterocycles. The van der Waals surface area contributed by atoms with Gasteiger partial charge in [0.05, 0.1) is 16.7 Å². The molecule has 3 aromatic carbocycles. The van der Waals surface area contributed by atoms with Crippen molar-refractivity contribution in [1.82, 2.24) is 14.2 Å². The minimum atomic E-state index is -3.73. The molecule has 206 valence electrons. The van der Waals surface area contributed by atoms with E-state index in [0.717, 1.165) is 34.3 Å². The summed E-state index contributed by atoms with van der Waals surface area (Å²) in [4.78, 5) is 22.4. The van der Waals surface area contributed by atoms with E-state index < -0.39 is 10.0 Å². The van der Waals surface area contributed by atoms with Crippen LogP contribution in [0.15, 0.2) is 71.6 Å². The number of benzene rings is 3. The maximum Gasteiger partial charge on any atom is 0.260 e. The van der Waals surface area contributed by atoms with Gasteiger partial charge in [0.25, 0.3) is 5.91 Å². The third-order valence-electron chi connectivity index (χ3n) is 6.43. The number of amides is 1. The van der Waals surface area contributed by atoms with Gasteiger partial charge in [0.1, 0.15) is 11.3 Å². The summed E-state index contributed by atoms with van der Waals surface area (Å²) < 4.78 is 34.1. The van der Waals surface area contributed by atoms with Gasteiger partial charge in [-0.15, -0.1) is 0 Å². The molecule has 39 heavy (non-hydrogen) atoms. The highest BCUT2D eigenvalue weighted by molar-refractivity contribution is 7.89. The number of ether oxygens (including phenoxy) is 1. The average Bonchev–Trinajstić information content (AvgIpc) is 3.37. The molecule has 0 unspecified atom stereocenters. The zero-order valence-corrected chi connectivity index (χ0v) is 24.6. The number of rotatable bonds is 11. The maximum absolute atomic E-state index is 13.8. The van der Waals surface area contributed by atoms with Gasteiger partial charge in [0.15, 0.2) is 5.13 Å². The highest BCUT2D eigenvalue weighted by Gasteiger charge is 2.25.